The largest absolute Gasteiger partial charge is 0.494 e. The van der Waals surface area contributed by atoms with Crippen molar-refractivity contribution in [2.45, 2.75) is 57.5 Å². The highest BCUT2D eigenvalue weighted by atomic mass is 32.1. The fourth-order valence-corrected chi connectivity index (χ4v) is 6.38. The van der Waals surface area contributed by atoms with Crippen molar-refractivity contribution >= 4 is 44.8 Å². The predicted molar refractivity (Wildman–Crippen MR) is 171 cm³/mol. The number of amides is 2. The molecule has 0 saturated carbocycles. The fourth-order valence-electron chi connectivity index (χ4n) is 5.21. The number of fused-ring (bicyclic) bond motifs is 1. The molecule has 3 heterocycles. The van der Waals surface area contributed by atoms with E-state index in [4.69, 9.17) is 9.47 Å². The number of alkyl halides is 4. The molecule has 0 bridgehead atoms. The molecule has 2 aromatic heterocycles. The molecule has 46 heavy (non-hydrogen) atoms. The van der Waals surface area contributed by atoms with Gasteiger partial charge in [-0.1, -0.05) is 24.0 Å². The summed E-state index contributed by atoms with van der Waals surface area (Å²) < 4.78 is 67.2. The second kappa shape index (κ2) is 14.1. The van der Waals surface area contributed by atoms with E-state index in [0.29, 0.717) is 28.7 Å². The van der Waals surface area contributed by atoms with Crippen molar-refractivity contribution in [2.24, 2.45) is 0 Å². The molecule has 0 aliphatic carbocycles. The van der Waals surface area contributed by atoms with Crippen LogP contribution in [0.2, 0.25) is 0 Å². The molecule has 0 radical (unpaired) electrons. The van der Waals surface area contributed by atoms with Gasteiger partial charge in [-0.15, -0.1) is 11.3 Å². The Morgan fingerprint density at radius 3 is 2.61 bits per heavy atom. The van der Waals surface area contributed by atoms with E-state index >= 15 is 0 Å². The van der Waals surface area contributed by atoms with Crippen LogP contribution in [0.15, 0.2) is 30.5 Å². The van der Waals surface area contributed by atoms with Crippen LogP contribution in [0.3, 0.4) is 0 Å². The van der Waals surface area contributed by atoms with Gasteiger partial charge in [-0.25, -0.2) is 14.2 Å². The van der Waals surface area contributed by atoms with E-state index in [2.05, 4.69) is 27.5 Å². The Morgan fingerprint density at radius 2 is 1.98 bits per heavy atom. The zero-order chi connectivity index (χ0) is 33.8. The maximum Gasteiger partial charge on any atom is 0.415 e. The molecule has 2 amide bonds. The second-order valence-electron chi connectivity index (χ2n) is 11.9. The lowest BCUT2D eigenvalue weighted by Gasteiger charge is -2.35. The molecule has 1 aliphatic heterocycles. The smallest absolute Gasteiger partial charge is 0.415 e. The number of hydrogen-bond donors (Lipinski definition) is 2. The molecule has 2 unspecified atom stereocenters. The van der Waals surface area contributed by atoms with Gasteiger partial charge in [-0.2, -0.15) is 13.2 Å². The van der Waals surface area contributed by atoms with Gasteiger partial charge in [-0.05, 0) is 51.3 Å². The molecule has 14 heteroatoms. The summed E-state index contributed by atoms with van der Waals surface area (Å²) in [5, 5.41) is 6.07. The van der Waals surface area contributed by atoms with Crippen molar-refractivity contribution in [3.63, 3.8) is 0 Å². The SMILES string of the molecule is CNC(=O)c1cc(OC)c(N(C(=O)OCC#Cc2sc3c(NC4CCN(C)CC4F)cccc3c2CC(F)(F)F)C(C)(C)C)cn1. The van der Waals surface area contributed by atoms with Crippen LogP contribution in [0.4, 0.5) is 33.7 Å². The minimum Gasteiger partial charge on any atom is -0.494 e. The molecule has 1 aromatic carbocycles. The Hall–Kier alpha value is -4.09. The summed E-state index contributed by atoms with van der Waals surface area (Å²) in [6.07, 6.45) is -5.74. The zero-order valence-corrected chi connectivity index (χ0v) is 27.3. The summed E-state index contributed by atoms with van der Waals surface area (Å²) >= 11 is 1.08. The van der Waals surface area contributed by atoms with Crippen molar-refractivity contribution in [1.29, 1.82) is 0 Å². The van der Waals surface area contributed by atoms with E-state index in [1.165, 1.54) is 31.3 Å². The molecular formula is C32H37F4N5O4S. The minimum atomic E-state index is -4.49. The van der Waals surface area contributed by atoms with Crippen LogP contribution in [-0.2, 0) is 11.2 Å². The second-order valence-corrected chi connectivity index (χ2v) is 12.9. The van der Waals surface area contributed by atoms with Gasteiger partial charge in [0.15, 0.2) is 6.61 Å². The number of methoxy groups -OCH3 is 1. The normalized spacial score (nSPS) is 17.2. The number of rotatable bonds is 7. The topological polar surface area (TPSA) is 96.0 Å². The van der Waals surface area contributed by atoms with Gasteiger partial charge >= 0.3 is 12.3 Å². The van der Waals surface area contributed by atoms with E-state index in [1.54, 1.807) is 39.0 Å². The van der Waals surface area contributed by atoms with Gasteiger partial charge < -0.3 is 25.0 Å². The number of anilines is 2. The Kier molecular flexibility index (Phi) is 10.7. The van der Waals surface area contributed by atoms with Gasteiger partial charge in [0.1, 0.15) is 23.3 Å². The number of nitrogens with zero attached hydrogens (tertiary/aromatic N) is 3. The summed E-state index contributed by atoms with van der Waals surface area (Å²) in [4.78, 5) is 32.9. The number of pyridine rings is 1. The van der Waals surface area contributed by atoms with Gasteiger partial charge in [0.2, 0.25) is 0 Å². The molecule has 2 atom stereocenters. The number of piperidine rings is 1. The molecule has 248 valence electrons. The van der Waals surface area contributed by atoms with Gasteiger partial charge in [0.25, 0.3) is 5.91 Å². The fraction of sp³-hybridized carbons (Fsp3) is 0.469. The maximum atomic E-state index is 14.8. The van der Waals surface area contributed by atoms with E-state index in [0.717, 1.165) is 11.3 Å². The Bertz CT molecular complexity index is 1640. The van der Waals surface area contributed by atoms with E-state index in [-0.39, 0.29) is 34.1 Å². The summed E-state index contributed by atoms with van der Waals surface area (Å²) in [6.45, 7) is 5.83. The van der Waals surface area contributed by atoms with Crippen LogP contribution in [-0.4, -0.2) is 86.7 Å². The lowest BCUT2D eigenvalue weighted by Crippen LogP contribution is -2.46. The van der Waals surface area contributed by atoms with Crippen molar-refractivity contribution in [1.82, 2.24) is 15.2 Å². The molecule has 2 N–H and O–H groups in total. The maximum absolute atomic E-state index is 14.8. The molecule has 0 spiro atoms. The highest BCUT2D eigenvalue weighted by Crippen LogP contribution is 2.40. The van der Waals surface area contributed by atoms with E-state index in [1.807, 2.05) is 11.9 Å². The van der Waals surface area contributed by atoms with Gasteiger partial charge in [0.05, 0.1) is 41.0 Å². The summed E-state index contributed by atoms with van der Waals surface area (Å²) in [7, 11) is 4.69. The first kappa shape index (κ1) is 34.8. The molecule has 4 rings (SSSR count). The van der Waals surface area contributed by atoms with E-state index < -0.39 is 49.0 Å². The standard InChI is InChI=1S/C32H37F4N5O4S/c1-31(2,3)41(25-17-38-24(29(42)37-4)15-26(25)44-6)30(43)45-14-8-11-27-20(16-32(34,35)36)19-9-7-10-23(28(19)46-27)39-22-12-13-40(5)18-21(22)33/h7,9-10,15,17,21-22,39H,12-14,16,18H2,1-6H3,(H,37,42). The van der Waals surface area contributed by atoms with Gasteiger partial charge in [0, 0.05) is 31.7 Å². The number of nitrogens with one attached hydrogen (secondary N) is 2. The third-order valence-electron chi connectivity index (χ3n) is 7.37. The first-order valence-corrected chi connectivity index (χ1v) is 15.4. The van der Waals surface area contributed by atoms with Crippen molar-refractivity contribution < 1.29 is 36.6 Å². The van der Waals surface area contributed by atoms with E-state index in [9.17, 15) is 27.2 Å². The predicted octanol–water partition coefficient (Wildman–Crippen LogP) is 6.02. The molecule has 9 nitrogen and oxygen atoms in total. The lowest BCUT2D eigenvalue weighted by atomic mass is 10.0. The lowest BCUT2D eigenvalue weighted by molar-refractivity contribution is -0.126. The van der Waals surface area contributed by atoms with Crippen molar-refractivity contribution in [3.05, 3.63) is 46.6 Å². The third kappa shape index (κ3) is 8.19. The first-order chi connectivity index (χ1) is 21.6. The average Bonchev–Trinajstić information content (AvgIpc) is 3.32. The number of likely N-dealkylation sites (tertiary alicyclic amines) is 1. The number of aromatic nitrogens is 1. The summed E-state index contributed by atoms with van der Waals surface area (Å²) in [6, 6.07) is 5.90. The zero-order valence-electron chi connectivity index (χ0n) is 26.5. The number of hydrogen-bond acceptors (Lipinski definition) is 8. The number of ether oxygens (including phenoxy) is 2. The molecule has 3 aromatic rings. The van der Waals surface area contributed by atoms with Crippen molar-refractivity contribution in [3.8, 4) is 17.6 Å². The number of thiophene rings is 1. The molecule has 1 aliphatic rings. The molecule has 1 saturated heterocycles. The minimum absolute atomic E-state index is 0.0125. The Morgan fingerprint density at radius 1 is 1.24 bits per heavy atom. The van der Waals surface area contributed by atoms with Crippen LogP contribution in [0.1, 0.15) is 48.1 Å². The highest BCUT2D eigenvalue weighted by molar-refractivity contribution is 7.20. The molecule has 1 fully saturated rings. The Labute approximate surface area is 269 Å². The monoisotopic (exact) mass is 663 g/mol. The number of carbonyl (C=O) groups is 2. The molecular weight excluding hydrogens is 626 g/mol. The number of halogens is 4. The van der Waals surface area contributed by atoms with Crippen LogP contribution < -0.4 is 20.3 Å². The summed E-state index contributed by atoms with van der Waals surface area (Å²) in [5.74, 6) is 5.23. The Balaban J connectivity index is 1.60. The highest BCUT2D eigenvalue weighted by Gasteiger charge is 2.34. The van der Waals surface area contributed by atoms with Crippen molar-refractivity contribution in [2.75, 3.05) is 51.1 Å². The van der Waals surface area contributed by atoms with Crippen LogP contribution in [0.5, 0.6) is 5.75 Å². The quantitative estimate of drug-likeness (QED) is 0.236. The van der Waals surface area contributed by atoms with Gasteiger partial charge in [-0.3, -0.25) is 9.69 Å². The number of carbonyl (C=O) groups excluding carboxylic acids is 2. The third-order valence-corrected chi connectivity index (χ3v) is 8.57. The average molecular weight is 664 g/mol. The summed E-state index contributed by atoms with van der Waals surface area (Å²) in [5.41, 5.74) is 0.0721. The number of benzene rings is 1. The first-order valence-electron chi connectivity index (χ1n) is 14.5. The van der Waals surface area contributed by atoms with Crippen LogP contribution in [0, 0.1) is 11.8 Å². The van der Waals surface area contributed by atoms with Crippen LogP contribution >= 0.6 is 11.3 Å². The van der Waals surface area contributed by atoms with Crippen LogP contribution in [0.25, 0.3) is 10.1 Å².